The Morgan fingerprint density at radius 3 is 2.31 bits per heavy atom. The molecule has 1 fully saturated rings. The number of primary amides is 1. The van der Waals surface area contributed by atoms with E-state index in [1.54, 1.807) is 24.3 Å². The number of nitrogens with one attached hydrogen (secondary N) is 1. The number of nitrogens with zero attached hydrogens (tertiary/aromatic N) is 4. The number of rotatable bonds is 5. The lowest BCUT2D eigenvalue weighted by molar-refractivity contribution is -0.137. The smallest absolute Gasteiger partial charge is 0.369 e. The molecule has 3 aromatic carbocycles. The molecule has 0 saturated carbocycles. The number of benzene rings is 3. The fourth-order valence-corrected chi connectivity index (χ4v) is 4.83. The van der Waals surface area contributed by atoms with E-state index in [1.165, 1.54) is 6.07 Å². The molecule has 1 aromatic heterocycles. The van der Waals surface area contributed by atoms with Crippen LogP contribution in [0.2, 0.25) is 5.02 Å². The molecule has 1 saturated heterocycles. The van der Waals surface area contributed by atoms with Crippen molar-refractivity contribution in [3.05, 3.63) is 83.4 Å². The highest BCUT2D eigenvalue weighted by atomic mass is 35.5. The SMILES string of the molecule is CN1CCN(c2cccc(-c3cc(-c4ccc(N(C(N)=O)c5ccc(Cl)c(C(F)(F)F)c5)cc4)[nH]n3)c2)CC1. The van der Waals surface area contributed by atoms with Crippen molar-refractivity contribution in [3.63, 3.8) is 0 Å². The van der Waals surface area contributed by atoms with E-state index in [0.717, 1.165) is 71.4 Å². The third-order valence-corrected chi connectivity index (χ3v) is 7.09. The molecule has 0 radical (unpaired) electrons. The van der Waals surface area contributed by atoms with Crippen LogP contribution in [0.1, 0.15) is 5.56 Å². The van der Waals surface area contributed by atoms with Crippen LogP contribution in [-0.4, -0.2) is 54.4 Å². The van der Waals surface area contributed by atoms with Gasteiger partial charge in [0.1, 0.15) is 0 Å². The Labute approximate surface area is 228 Å². The molecular formula is C28H26ClF3N6O. The number of urea groups is 1. The van der Waals surface area contributed by atoms with Gasteiger partial charge in [-0.25, -0.2) is 4.79 Å². The number of piperazine rings is 1. The molecule has 0 spiro atoms. The van der Waals surface area contributed by atoms with Gasteiger partial charge in [-0.2, -0.15) is 18.3 Å². The summed E-state index contributed by atoms with van der Waals surface area (Å²) in [5, 5.41) is 7.06. The zero-order valence-electron chi connectivity index (χ0n) is 21.0. The first-order valence-corrected chi connectivity index (χ1v) is 12.6. The number of hydrogen-bond donors (Lipinski definition) is 2. The first-order valence-electron chi connectivity index (χ1n) is 12.3. The molecule has 0 aliphatic carbocycles. The van der Waals surface area contributed by atoms with Crippen molar-refractivity contribution in [1.29, 1.82) is 0 Å². The largest absolute Gasteiger partial charge is 0.417 e. The minimum atomic E-state index is -4.68. The molecule has 11 heteroatoms. The van der Waals surface area contributed by atoms with E-state index in [0.29, 0.717) is 5.69 Å². The van der Waals surface area contributed by atoms with Crippen molar-refractivity contribution in [2.45, 2.75) is 6.18 Å². The van der Waals surface area contributed by atoms with Crippen molar-refractivity contribution in [3.8, 4) is 22.5 Å². The van der Waals surface area contributed by atoms with Gasteiger partial charge in [0.05, 0.1) is 33.3 Å². The van der Waals surface area contributed by atoms with Crippen LogP contribution in [0.4, 0.5) is 35.0 Å². The number of likely N-dealkylation sites (N-methyl/N-ethyl adjacent to an activating group) is 1. The maximum absolute atomic E-state index is 13.4. The number of aromatic nitrogens is 2. The summed E-state index contributed by atoms with van der Waals surface area (Å²) in [4.78, 5) is 17.9. The van der Waals surface area contributed by atoms with Crippen molar-refractivity contribution in [2.75, 3.05) is 43.0 Å². The number of halogens is 4. The van der Waals surface area contributed by atoms with Crippen LogP contribution in [0.25, 0.3) is 22.5 Å². The molecule has 0 unspecified atom stereocenters. The molecule has 2 amide bonds. The summed E-state index contributed by atoms with van der Waals surface area (Å²) >= 11 is 5.73. The molecule has 5 rings (SSSR count). The van der Waals surface area contributed by atoms with Gasteiger partial charge in [0.2, 0.25) is 0 Å². The first kappa shape index (κ1) is 26.6. The monoisotopic (exact) mass is 554 g/mol. The van der Waals surface area contributed by atoms with Gasteiger partial charge in [-0.15, -0.1) is 0 Å². The maximum atomic E-state index is 13.4. The molecule has 0 atom stereocenters. The second kappa shape index (κ2) is 10.6. The normalized spacial score (nSPS) is 14.4. The van der Waals surface area contributed by atoms with E-state index >= 15 is 0 Å². The average molecular weight is 555 g/mol. The van der Waals surface area contributed by atoms with Gasteiger partial charge in [-0.3, -0.25) is 10.00 Å². The number of aromatic amines is 1. The molecule has 1 aliphatic rings. The second-order valence-corrected chi connectivity index (χ2v) is 9.80. The zero-order chi connectivity index (χ0) is 27.7. The summed E-state index contributed by atoms with van der Waals surface area (Å²) in [7, 11) is 2.12. The molecule has 7 nitrogen and oxygen atoms in total. The van der Waals surface area contributed by atoms with E-state index < -0.39 is 22.8 Å². The van der Waals surface area contributed by atoms with Crippen LogP contribution >= 0.6 is 11.6 Å². The van der Waals surface area contributed by atoms with Crippen LogP contribution in [0.5, 0.6) is 0 Å². The van der Waals surface area contributed by atoms with Crippen LogP contribution in [0.3, 0.4) is 0 Å². The Morgan fingerprint density at radius 1 is 0.949 bits per heavy atom. The third-order valence-electron chi connectivity index (χ3n) is 6.76. The highest BCUT2D eigenvalue weighted by Crippen LogP contribution is 2.38. The van der Waals surface area contributed by atoms with E-state index in [1.807, 2.05) is 18.2 Å². The summed E-state index contributed by atoms with van der Waals surface area (Å²) < 4.78 is 40.1. The van der Waals surface area contributed by atoms with Crippen LogP contribution in [0, 0.1) is 0 Å². The van der Waals surface area contributed by atoms with E-state index in [4.69, 9.17) is 17.3 Å². The van der Waals surface area contributed by atoms with Crippen molar-refractivity contribution < 1.29 is 18.0 Å². The molecule has 3 N–H and O–H groups in total. The van der Waals surface area contributed by atoms with Gasteiger partial charge in [-0.05, 0) is 61.1 Å². The number of amides is 2. The van der Waals surface area contributed by atoms with Gasteiger partial charge in [0, 0.05) is 37.4 Å². The predicted octanol–water partition coefficient (Wildman–Crippen LogP) is 6.38. The Balaban J connectivity index is 1.38. The van der Waals surface area contributed by atoms with Gasteiger partial charge >= 0.3 is 12.2 Å². The Kier molecular flexibility index (Phi) is 7.24. The van der Waals surface area contributed by atoms with Crippen molar-refractivity contribution in [2.24, 2.45) is 5.73 Å². The number of alkyl halides is 3. The summed E-state index contributed by atoms with van der Waals surface area (Å²) in [5.74, 6) is 0. The number of hydrogen-bond acceptors (Lipinski definition) is 4. The molecule has 1 aliphatic heterocycles. The summed E-state index contributed by atoms with van der Waals surface area (Å²) in [6, 6.07) is 19.2. The molecule has 39 heavy (non-hydrogen) atoms. The summed E-state index contributed by atoms with van der Waals surface area (Å²) in [6.45, 7) is 3.96. The van der Waals surface area contributed by atoms with Crippen molar-refractivity contribution in [1.82, 2.24) is 15.1 Å². The number of carbonyl (C=O) groups excluding carboxylic acids is 1. The number of nitrogens with two attached hydrogens (primary N) is 1. The van der Waals surface area contributed by atoms with E-state index in [2.05, 4.69) is 39.2 Å². The quantitative estimate of drug-likeness (QED) is 0.300. The molecule has 202 valence electrons. The molecule has 2 heterocycles. The van der Waals surface area contributed by atoms with E-state index in [9.17, 15) is 18.0 Å². The van der Waals surface area contributed by atoms with Gasteiger partial charge in [0.25, 0.3) is 0 Å². The lowest BCUT2D eigenvalue weighted by atomic mass is 10.1. The number of anilines is 3. The third kappa shape index (κ3) is 5.71. The summed E-state index contributed by atoms with van der Waals surface area (Å²) in [5.41, 5.74) is 9.19. The van der Waals surface area contributed by atoms with E-state index in [-0.39, 0.29) is 5.69 Å². The minimum absolute atomic E-state index is 0.0453. The van der Waals surface area contributed by atoms with Gasteiger partial charge in [-0.1, -0.05) is 35.9 Å². The predicted molar refractivity (Wildman–Crippen MR) is 147 cm³/mol. The van der Waals surface area contributed by atoms with Crippen LogP contribution < -0.4 is 15.5 Å². The fourth-order valence-electron chi connectivity index (χ4n) is 4.61. The van der Waals surface area contributed by atoms with Gasteiger partial charge < -0.3 is 15.5 Å². The Hall–Kier alpha value is -4.02. The average Bonchev–Trinajstić information content (AvgIpc) is 3.40. The molecular weight excluding hydrogens is 529 g/mol. The minimum Gasteiger partial charge on any atom is -0.369 e. The maximum Gasteiger partial charge on any atom is 0.417 e. The molecule has 0 bridgehead atoms. The molecule has 4 aromatic rings. The Morgan fingerprint density at radius 2 is 1.64 bits per heavy atom. The highest BCUT2D eigenvalue weighted by molar-refractivity contribution is 6.31. The topological polar surface area (TPSA) is 81.5 Å². The standard InChI is InChI=1S/C28H26ClF3N6O/c1-36-11-13-37(14-12-36)21-4-2-3-19(15-21)26-17-25(34-35-26)18-5-7-20(8-6-18)38(27(33)39)22-9-10-24(29)23(16-22)28(30,31)32/h2-10,15-17H,11-14H2,1H3,(H2,33,39)(H,34,35). The first-order chi connectivity index (χ1) is 18.6. The van der Waals surface area contributed by atoms with Crippen LogP contribution in [0.15, 0.2) is 72.8 Å². The Bertz CT molecular complexity index is 1480. The highest BCUT2D eigenvalue weighted by Gasteiger charge is 2.34. The van der Waals surface area contributed by atoms with Gasteiger partial charge in [0.15, 0.2) is 0 Å². The fraction of sp³-hybridized carbons (Fsp3) is 0.214. The number of carbonyl (C=O) groups is 1. The lowest BCUT2D eigenvalue weighted by Crippen LogP contribution is -2.44. The number of H-pyrrole nitrogens is 1. The second-order valence-electron chi connectivity index (χ2n) is 9.39. The lowest BCUT2D eigenvalue weighted by Gasteiger charge is -2.34. The zero-order valence-corrected chi connectivity index (χ0v) is 21.8. The van der Waals surface area contributed by atoms with Crippen LogP contribution in [-0.2, 0) is 6.18 Å². The summed E-state index contributed by atoms with van der Waals surface area (Å²) in [6.07, 6.45) is -4.68. The van der Waals surface area contributed by atoms with Crippen molar-refractivity contribution >= 4 is 34.7 Å².